The van der Waals surface area contributed by atoms with E-state index < -0.39 is 4.92 Å². The van der Waals surface area contributed by atoms with Gasteiger partial charge in [-0.3, -0.25) is 14.9 Å². The van der Waals surface area contributed by atoms with Gasteiger partial charge in [-0.15, -0.1) is 0 Å². The van der Waals surface area contributed by atoms with Crippen LogP contribution in [0.15, 0.2) is 16.6 Å². The van der Waals surface area contributed by atoms with Crippen molar-refractivity contribution in [2.75, 3.05) is 5.32 Å². The molecule has 0 fully saturated rings. The van der Waals surface area contributed by atoms with Crippen LogP contribution >= 0.6 is 15.9 Å². The van der Waals surface area contributed by atoms with Crippen LogP contribution < -0.4 is 5.32 Å². The number of nitrogens with one attached hydrogen (secondary N) is 1. The van der Waals surface area contributed by atoms with Crippen molar-refractivity contribution in [3.05, 3.63) is 32.3 Å². The highest BCUT2D eigenvalue weighted by Gasteiger charge is 2.15. The molecule has 0 saturated carbocycles. The van der Waals surface area contributed by atoms with Crippen LogP contribution in [0.3, 0.4) is 0 Å². The van der Waals surface area contributed by atoms with E-state index in [0.717, 1.165) is 0 Å². The van der Waals surface area contributed by atoms with Crippen molar-refractivity contribution in [3.63, 3.8) is 0 Å². The SMILES string of the molecule is CC(=O)Nc1cc(Br)c(C)c([N+](=O)[O-])c1. The fourth-order valence-electron chi connectivity index (χ4n) is 1.13. The maximum Gasteiger partial charge on any atom is 0.275 e. The number of carbonyl (C=O) groups is 1. The molecule has 15 heavy (non-hydrogen) atoms. The van der Waals surface area contributed by atoms with E-state index >= 15 is 0 Å². The number of halogens is 1. The minimum absolute atomic E-state index is 0.0203. The smallest absolute Gasteiger partial charge is 0.275 e. The average Bonchev–Trinajstić information content (AvgIpc) is 2.09. The maximum atomic E-state index is 10.8. The zero-order valence-electron chi connectivity index (χ0n) is 8.20. The molecule has 1 aromatic rings. The molecule has 0 radical (unpaired) electrons. The summed E-state index contributed by atoms with van der Waals surface area (Å²) in [5, 5.41) is 13.2. The molecule has 6 heteroatoms. The minimum atomic E-state index is -0.481. The number of hydrogen-bond acceptors (Lipinski definition) is 3. The number of nitro groups is 1. The standard InChI is InChI=1S/C9H9BrN2O3/c1-5-8(10)3-7(11-6(2)13)4-9(5)12(14)15/h3-4H,1-2H3,(H,11,13). The first-order valence-electron chi connectivity index (χ1n) is 4.14. The second-order valence-corrected chi connectivity index (χ2v) is 3.89. The second-order valence-electron chi connectivity index (χ2n) is 3.04. The van der Waals surface area contributed by atoms with Crippen LogP contribution in [-0.2, 0) is 4.79 Å². The summed E-state index contributed by atoms with van der Waals surface area (Å²) in [6.07, 6.45) is 0. The predicted molar refractivity (Wildman–Crippen MR) is 59.8 cm³/mol. The van der Waals surface area contributed by atoms with E-state index in [4.69, 9.17) is 0 Å². The molecular weight excluding hydrogens is 264 g/mol. The summed E-state index contributed by atoms with van der Waals surface area (Å²) in [7, 11) is 0. The molecule has 0 atom stereocenters. The maximum absolute atomic E-state index is 10.8. The number of nitrogens with zero attached hydrogens (tertiary/aromatic N) is 1. The zero-order chi connectivity index (χ0) is 11.6. The first kappa shape index (κ1) is 11.6. The summed E-state index contributed by atoms with van der Waals surface area (Å²) in [5.74, 6) is -0.264. The van der Waals surface area contributed by atoms with Crippen molar-refractivity contribution < 1.29 is 9.72 Å². The molecule has 0 bridgehead atoms. The topological polar surface area (TPSA) is 72.2 Å². The molecule has 1 N–H and O–H groups in total. The third-order valence-electron chi connectivity index (χ3n) is 1.83. The van der Waals surface area contributed by atoms with E-state index in [1.54, 1.807) is 13.0 Å². The second kappa shape index (κ2) is 4.39. The summed E-state index contributed by atoms with van der Waals surface area (Å²) >= 11 is 3.20. The Kier molecular flexibility index (Phi) is 3.41. The third kappa shape index (κ3) is 2.76. The van der Waals surface area contributed by atoms with Gasteiger partial charge in [0.15, 0.2) is 0 Å². The largest absolute Gasteiger partial charge is 0.326 e. The summed E-state index contributed by atoms with van der Waals surface area (Å²) in [6, 6.07) is 2.96. The molecule has 0 aliphatic heterocycles. The molecule has 0 spiro atoms. The lowest BCUT2D eigenvalue weighted by atomic mass is 10.2. The Hall–Kier alpha value is -1.43. The lowest BCUT2D eigenvalue weighted by Crippen LogP contribution is -2.06. The Balaban J connectivity index is 3.23. The normalized spacial score (nSPS) is 9.80. The monoisotopic (exact) mass is 272 g/mol. The molecule has 1 rings (SSSR count). The van der Waals surface area contributed by atoms with Crippen LogP contribution in [0, 0.1) is 17.0 Å². The summed E-state index contributed by atoms with van der Waals surface area (Å²) in [4.78, 5) is 21.0. The average molecular weight is 273 g/mol. The molecule has 1 amide bonds. The van der Waals surface area contributed by atoms with Crippen LogP contribution in [-0.4, -0.2) is 10.8 Å². The first-order valence-corrected chi connectivity index (χ1v) is 4.93. The number of carbonyl (C=O) groups excluding carboxylic acids is 1. The van der Waals surface area contributed by atoms with Crippen LogP contribution in [0.4, 0.5) is 11.4 Å². The van der Waals surface area contributed by atoms with E-state index in [-0.39, 0.29) is 11.6 Å². The summed E-state index contributed by atoms with van der Waals surface area (Å²) in [6.45, 7) is 2.99. The van der Waals surface area contributed by atoms with Crippen molar-refractivity contribution in [2.24, 2.45) is 0 Å². The van der Waals surface area contributed by atoms with Gasteiger partial charge in [-0.25, -0.2) is 0 Å². The van der Waals surface area contributed by atoms with Crippen molar-refractivity contribution >= 4 is 33.2 Å². The summed E-state index contributed by atoms with van der Waals surface area (Å²) < 4.78 is 0.598. The van der Waals surface area contributed by atoms with Gasteiger partial charge in [-0.2, -0.15) is 0 Å². The quantitative estimate of drug-likeness (QED) is 0.665. The Morgan fingerprint density at radius 2 is 2.13 bits per heavy atom. The fourth-order valence-corrected chi connectivity index (χ4v) is 1.58. The fraction of sp³-hybridized carbons (Fsp3) is 0.222. The highest BCUT2D eigenvalue weighted by molar-refractivity contribution is 9.10. The molecule has 1 aromatic carbocycles. The van der Waals surface area contributed by atoms with E-state index in [1.165, 1.54) is 13.0 Å². The van der Waals surface area contributed by atoms with Crippen molar-refractivity contribution in [1.82, 2.24) is 0 Å². The lowest BCUT2D eigenvalue weighted by Gasteiger charge is -2.05. The molecule has 0 heterocycles. The Morgan fingerprint density at radius 3 is 2.60 bits per heavy atom. The predicted octanol–water partition coefficient (Wildman–Crippen LogP) is 2.62. The molecule has 5 nitrogen and oxygen atoms in total. The van der Waals surface area contributed by atoms with Gasteiger partial charge in [-0.1, -0.05) is 15.9 Å². The van der Waals surface area contributed by atoms with Crippen LogP contribution in [0.1, 0.15) is 12.5 Å². The van der Waals surface area contributed by atoms with Gasteiger partial charge in [0.05, 0.1) is 4.92 Å². The molecule has 0 aliphatic carbocycles. The molecule has 0 aromatic heterocycles. The zero-order valence-corrected chi connectivity index (χ0v) is 9.79. The molecule has 80 valence electrons. The first-order chi connectivity index (χ1) is 6.91. The van der Waals surface area contributed by atoms with Gasteiger partial charge < -0.3 is 5.32 Å². The Morgan fingerprint density at radius 1 is 1.53 bits per heavy atom. The van der Waals surface area contributed by atoms with Gasteiger partial charge in [0, 0.05) is 28.7 Å². The minimum Gasteiger partial charge on any atom is -0.326 e. The van der Waals surface area contributed by atoms with Gasteiger partial charge in [0.1, 0.15) is 0 Å². The summed E-state index contributed by atoms with van der Waals surface area (Å²) in [5.41, 5.74) is 0.925. The van der Waals surface area contributed by atoms with Gasteiger partial charge >= 0.3 is 0 Å². The van der Waals surface area contributed by atoms with E-state index in [2.05, 4.69) is 21.2 Å². The van der Waals surface area contributed by atoms with Crippen LogP contribution in [0.25, 0.3) is 0 Å². The molecule has 0 saturated heterocycles. The number of benzene rings is 1. The lowest BCUT2D eigenvalue weighted by molar-refractivity contribution is -0.385. The van der Waals surface area contributed by atoms with E-state index in [0.29, 0.717) is 15.7 Å². The highest BCUT2D eigenvalue weighted by atomic mass is 79.9. The molecular formula is C9H9BrN2O3. The van der Waals surface area contributed by atoms with Crippen LogP contribution in [0.2, 0.25) is 0 Å². The number of amides is 1. The molecule has 0 aliphatic rings. The third-order valence-corrected chi connectivity index (χ3v) is 2.66. The number of nitro benzene ring substituents is 1. The van der Waals surface area contributed by atoms with Gasteiger partial charge in [-0.05, 0) is 13.0 Å². The van der Waals surface area contributed by atoms with Gasteiger partial charge in [0.25, 0.3) is 5.69 Å². The van der Waals surface area contributed by atoms with Gasteiger partial charge in [0.2, 0.25) is 5.91 Å². The van der Waals surface area contributed by atoms with Crippen molar-refractivity contribution in [1.29, 1.82) is 0 Å². The Bertz CT molecular complexity index is 432. The van der Waals surface area contributed by atoms with Crippen LogP contribution in [0.5, 0.6) is 0 Å². The number of anilines is 1. The van der Waals surface area contributed by atoms with E-state index in [1.807, 2.05) is 0 Å². The number of rotatable bonds is 2. The van der Waals surface area contributed by atoms with Crippen molar-refractivity contribution in [2.45, 2.75) is 13.8 Å². The van der Waals surface area contributed by atoms with E-state index in [9.17, 15) is 14.9 Å². The Labute approximate surface area is 94.8 Å². The number of hydrogen-bond donors (Lipinski definition) is 1. The highest BCUT2D eigenvalue weighted by Crippen LogP contribution is 2.30. The van der Waals surface area contributed by atoms with Crippen molar-refractivity contribution in [3.8, 4) is 0 Å². The molecule has 0 unspecified atom stereocenters.